The zero-order valence-electron chi connectivity index (χ0n) is 16.9. The van der Waals surface area contributed by atoms with Crippen LogP contribution in [0.3, 0.4) is 0 Å². The Bertz CT molecular complexity index is 895. The molecule has 0 radical (unpaired) electrons. The molecule has 194 valence electrons. The van der Waals surface area contributed by atoms with Crippen LogP contribution in [0.25, 0.3) is 0 Å². The van der Waals surface area contributed by atoms with Crippen molar-refractivity contribution in [1.82, 2.24) is 4.72 Å². The number of aliphatic hydroxyl groups excluding tert-OH is 3. The van der Waals surface area contributed by atoms with Crippen LogP contribution in [0.5, 0.6) is 0 Å². The molecule has 2 heterocycles. The zero-order valence-corrected chi connectivity index (χ0v) is 18.6. The van der Waals surface area contributed by atoms with Gasteiger partial charge in [-0.2, -0.15) is 0 Å². The van der Waals surface area contributed by atoms with Gasteiger partial charge < -0.3 is 53.3 Å². The summed E-state index contributed by atoms with van der Waals surface area (Å²) in [7, 11) is -9.67. The van der Waals surface area contributed by atoms with Crippen molar-refractivity contribution in [3.8, 4) is 0 Å². The maximum absolute atomic E-state index is 11.3. The number of aliphatic hydroxyl groups is 3. The lowest BCUT2D eigenvalue weighted by Crippen LogP contribution is -2.67. The van der Waals surface area contributed by atoms with E-state index in [0.29, 0.717) is 0 Å². The van der Waals surface area contributed by atoms with Crippen LogP contribution in [-0.4, -0.2) is 116 Å². The van der Waals surface area contributed by atoms with E-state index >= 15 is 0 Å². The van der Waals surface area contributed by atoms with Gasteiger partial charge in [-0.3, -0.25) is 4.18 Å². The van der Waals surface area contributed by atoms with Crippen molar-refractivity contribution in [1.29, 1.82) is 0 Å². The van der Waals surface area contributed by atoms with E-state index in [4.69, 9.17) is 18.9 Å². The van der Waals surface area contributed by atoms with Crippen molar-refractivity contribution in [2.45, 2.75) is 62.2 Å². The van der Waals surface area contributed by atoms with Gasteiger partial charge in [-0.25, -0.2) is 21.6 Å². The molecule has 10 atom stereocenters. The van der Waals surface area contributed by atoms with E-state index in [9.17, 15) is 51.2 Å². The van der Waals surface area contributed by atoms with Crippen LogP contribution >= 0.6 is 0 Å². The number of methoxy groups -OCH3 is 1. The predicted octanol–water partition coefficient (Wildman–Crippen LogP) is -6.17. The number of carbonyl (C=O) groups is 1. The Hall–Kier alpha value is -1.07. The topological polar surface area (TPSA) is 273 Å². The van der Waals surface area contributed by atoms with E-state index in [1.165, 1.54) is 4.72 Å². The summed E-state index contributed by atoms with van der Waals surface area (Å²) in [5.41, 5.74) is 0. The first-order chi connectivity index (χ1) is 15.1. The molecule has 0 spiro atoms. The standard InChI is InChI=1S/C14H25NO16S2/c1-4-7(17)11(31-33(24,25)26)14(29-9(4)12(19)20)30-10-5(3-16)28-13(27-2)6(8(10)18)15-32(21,22)23/h4-11,13-18H,3H2,1-2H3,(H,19,20)(H,21,22,23)(H,24,25,26)/p-3/t4-,5+,6+,7-,8-,9+,10+,11+,13-,14-/m0/s1. The largest absolute Gasteiger partial charge is 0.735 e. The number of carbonyl (C=O) groups excluding carboxylic acids is 1. The minimum absolute atomic E-state index is 0.917. The number of carboxylic acid groups (broad SMARTS) is 1. The number of nitrogens with one attached hydrogen (secondary N) is 1. The van der Waals surface area contributed by atoms with Gasteiger partial charge in [-0.15, -0.1) is 0 Å². The number of carboxylic acids is 1. The van der Waals surface area contributed by atoms with Gasteiger partial charge >= 0.3 is 0 Å². The van der Waals surface area contributed by atoms with Crippen LogP contribution in [0.15, 0.2) is 0 Å². The van der Waals surface area contributed by atoms with Crippen molar-refractivity contribution < 1.29 is 74.3 Å². The molecule has 4 N–H and O–H groups in total. The highest BCUT2D eigenvalue weighted by Gasteiger charge is 2.52. The lowest BCUT2D eigenvalue weighted by atomic mass is 9.90. The summed E-state index contributed by atoms with van der Waals surface area (Å²) in [6.07, 6.45) is -15.3. The first kappa shape index (κ1) is 28.2. The third kappa shape index (κ3) is 6.97. The summed E-state index contributed by atoms with van der Waals surface area (Å²) < 4.78 is 92.9. The number of aliphatic carboxylic acids is 1. The third-order valence-electron chi connectivity index (χ3n) is 5.02. The fourth-order valence-electron chi connectivity index (χ4n) is 3.49. The maximum atomic E-state index is 11.3. The van der Waals surface area contributed by atoms with Gasteiger partial charge in [-0.05, 0) is 0 Å². The molecular formula is C14H22NO16S2-3. The maximum Gasteiger partial charge on any atom is 0.218 e. The lowest BCUT2D eigenvalue weighted by molar-refractivity contribution is -0.359. The van der Waals surface area contributed by atoms with Crippen molar-refractivity contribution >= 4 is 26.7 Å². The molecule has 17 nitrogen and oxygen atoms in total. The molecule has 2 fully saturated rings. The molecule has 2 aliphatic rings. The van der Waals surface area contributed by atoms with Gasteiger partial charge in [0.1, 0.15) is 30.5 Å². The van der Waals surface area contributed by atoms with Crippen LogP contribution < -0.4 is 9.83 Å². The molecule has 2 rings (SSSR count). The van der Waals surface area contributed by atoms with E-state index in [2.05, 4.69) is 4.18 Å². The number of ether oxygens (including phenoxy) is 4. The van der Waals surface area contributed by atoms with Gasteiger partial charge in [0.05, 0.1) is 18.7 Å². The van der Waals surface area contributed by atoms with Crippen LogP contribution in [0.1, 0.15) is 6.92 Å². The molecule has 0 bridgehead atoms. The fraction of sp³-hybridized carbons (Fsp3) is 0.929. The Morgan fingerprint density at radius 2 is 1.67 bits per heavy atom. The molecule has 0 aromatic heterocycles. The van der Waals surface area contributed by atoms with Crippen molar-refractivity contribution in [2.75, 3.05) is 13.7 Å². The lowest BCUT2D eigenvalue weighted by Gasteiger charge is -2.48. The van der Waals surface area contributed by atoms with E-state index in [-0.39, 0.29) is 0 Å². The normalized spacial score (nSPS) is 40.5. The SMILES string of the molecule is CO[C@H]1O[C@H](CO)[C@@H](O[C@@H]2O[C@@H](C(=O)[O-])[C@@H](C)[C@H](O)[C@H]2OS(=O)(=O)[O-])[C@@H](O)[C@H]1NS(=O)(=O)[O-]. The van der Waals surface area contributed by atoms with Crippen LogP contribution in [0.2, 0.25) is 0 Å². The molecule has 19 heteroatoms. The molecule has 0 aromatic carbocycles. The first-order valence-electron chi connectivity index (χ1n) is 9.14. The predicted molar refractivity (Wildman–Crippen MR) is 93.7 cm³/mol. The van der Waals surface area contributed by atoms with Gasteiger partial charge in [0.15, 0.2) is 29.0 Å². The molecule has 0 amide bonds. The van der Waals surface area contributed by atoms with Gasteiger partial charge in [0.2, 0.25) is 10.4 Å². The molecule has 2 saturated heterocycles. The Balaban J connectivity index is 2.40. The first-order valence-corrected chi connectivity index (χ1v) is 11.9. The average Bonchev–Trinajstić information content (AvgIpc) is 2.68. The van der Waals surface area contributed by atoms with E-state index in [1.54, 1.807) is 0 Å². The summed E-state index contributed by atoms with van der Waals surface area (Å²) in [6.45, 7) is 0.200. The van der Waals surface area contributed by atoms with Gasteiger partial charge in [-0.1, -0.05) is 6.92 Å². The molecule has 0 aliphatic carbocycles. The third-order valence-corrected chi connectivity index (χ3v) is 6.04. The molecular weight excluding hydrogens is 502 g/mol. The number of rotatable bonds is 9. The summed E-state index contributed by atoms with van der Waals surface area (Å²) in [5, 5.41) is 41.9. The smallest absolute Gasteiger partial charge is 0.218 e. The zero-order chi connectivity index (χ0) is 25.3. The minimum atomic E-state index is -5.50. The summed E-state index contributed by atoms with van der Waals surface area (Å²) >= 11 is 0. The quantitative estimate of drug-likeness (QED) is 0.161. The highest BCUT2D eigenvalue weighted by Crippen LogP contribution is 2.33. The van der Waals surface area contributed by atoms with E-state index in [1.807, 2.05) is 0 Å². The number of hydrogen-bond donors (Lipinski definition) is 4. The Kier molecular flexibility index (Phi) is 9.12. The molecule has 0 unspecified atom stereocenters. The van der Waals surface area contributed by atoms with Crippen molar-refractivity contribution in [3.63, 3.8) is 0 Å². The molecule has 33 heavy (non-hydrogen) atoms. The van der Waals surface area contributed by atoms with Gasteiger partial charge in [0.25, 0.3) is 0 Å². The highest BCUT2D eigenvalue weighted by atomic mass is 32.3. The number of hydrogen-bond acceptors (Lipinski definition) is 16. The van der Waals surface area contributed by atoms with Crippen LogP contribution in [-0.2, 0) is 48.6 Å². The summed E-state index contributed by atoms with van der Waals surface area (Å²) in [6, 6.07) is -1.82. The second kappa shape index (κ2) is 10.7. The molecule has 0 aromatic rings. The van der Waals surface area contributed by atoms with Crippen LogP contribution in [0.4, 0.5) is 0 Å². The fourth-order valence-corrected chi connectivity index (χ4v) is 4.55. The van der Waals surface area contributed by atoms with Crippen molar-refractivity contribution in [2.24, 2.45) is 5.92 Å². The van der Waals surface area contributed by atoms with E-state index in [0.717, 1.165) is 14.0 Å². The molecule has 0 saturated carbocycles. The Morgan fingerprint density at radius 3 is 2.12 bits per heavy atom. The summed E-state index contributed by atoms with van der Waals surface area (Å²) in [4.78, 5) is 11.3. The Labute approximate surface area is 188 Å². The highest BCUT2D eigenvalue weighted by molar-refractivity contribution is 7.83. The second-order valence-electron chi connectivity index (χ2n) is 7.21. The van der Waals surface area contributed by atoms with Crippen LogP contribution in [0, 0.1) is 5.92 Å². The van der Waals surface area contributed by atoms with E-state index < -0.39 is 94.4 Å². The average molecular weight is 524 g/mol. The second-order valence-corrected chi connectivity index (χ2v) is 9.37. The van der Waals surface area contributed by atoms with Gasteiger partial charge in [0, 0.05) is 13.0 Å². The summed E-state index contributed by atoms with van der Waals surface area (Å²) in [5.74, 6) is -3.21. The van der Waals surface area contributed by atoms with Crippen molar-refractivity contribution in [3.05, 3.63) is 0 Å². The monoisotopic (exact) mass is 524 g/mol. The molecule has 2 aliphatic heterocycles. The minimum Gasteiger partial charge on any atom is -0.735 e. The Morgan fingerprint density at radius 1 is 1.06 bits per heavy atom.